The van der Waals surface area contributed by atoms with E-state index in [0.29, 0.717) is 6.10 Å². The zero-order valence-corrected chi connectivity index (χ0v) is 11.7. The lowest BCUT2D eigenvalue weighted by atomic mass is 10.1. The molecule has 0 aliphatic carbocycles. The van der Waals surface area contributed by atoms with Gasteiger partial charge in [0.1, 0.15) is 0 Å². The molecule has 0 spiro atoms. The molecule has 2 N–H and O–H groups in total. The smallest absolute Gasteiger partial charge is 0.0750 e. The summed E-state index contributed by atoms with van der Waals surface area (Å²) >= 11 is 3.50. The number of hydrogen-bond acceptors (Lipinski definition) is 3. The molecule has 1 atom stereocenters. The molecule has 1 aliphatic heterocycles. The van der Waals surface area contributed by atoms with Crippen molar-refractivity contribution >= 4 is 27.3 Å². The molecule has 1 fully saturated rings. The molecule has 0 saturated carbocycles. The lowest BCUT2D eigenvalue weighted by Crippen LogP contribution is -2.40. The average Bonchev–Trinajstić information content (AvgIpc) is 2.33. The molecular weight excluding hydrogens is 280 g/mol. The van der Waals surface area contributed by atoms with Gasteiger partial charge in [-0.3, -0.25) is 0 Å². The number of anilines is 2. The van der Waals surface area contributed by atoms with Crippen molar-refractivity contribution in [2.24, 2.45) is 0 Å². The van der Waals surface area contributed by atoms with Crippen LogP contribution >= 0.6 is 15.9 Å². The second-order valence-electron chi connectivity index (χ2n) is 4.37. The van der Waals surface area contributed by atoms with Gasteiger partial charge in [-0.05, 0) is 38.0 Å². The van der Waals surface area contributed by atoms with Gasteiger partial charge in [-0.15, -0.1) is 0 Å². The number of benzene rings is 1. The molecule has 0 aromatic heterocycles. The second-order valence-corrected chi connectivity index (χ2v) is 5.28. The van der Waals surface area contributed by atoms with Gasteiger partial charge in [0.25, 0.3) is 0 Å². The Balaban J connectivity index is 2.13. The number of nitrogens with two attached hydrogens (primary N) is 1. The van der Waals surface area contributed by atoms with E-state index in [1.54, 1.807) is 0 Å². The van der Waals surface area contributed by atoms with Gasteiger partial charge in [-0.2, -0.15) is 0 Å². The van der Waals surface area contributed by atoms with E-state index in [9.17, 15) is 0 Å². The van der Waals surface area contributed by atoms with E-state index in [0.717, 1.165) is 48.4 Å². The molecule has 1 unspecified atom stereocenters. The van der Waals surface area contributed by atoms with Crippen LogP contribution in [0.5, 0.6) is 0 Å². The normalized spacial score (nSPS) is 20.6. The fourth-order valence-corrected chi connectivity index (χ4v) is 2.67. The van der Waals surface area contributed by atoms with E-state index < -0.39 is 0 Å². The number of ether oxygens (including phenoxy) is 1. The minimum absolute atomic E-state index is 0.340. The maximum Gasteiger partial charge on any atom is 0.0750 e. The molecule has 4 heteroatoms. The minimum Gasteiger partial charge on any atom is -0.397 e. The number of nitrogens with zero attached hydrogens (tertiary/aromatic N) is 1. The van der Waals surface area contributed by atoms with E-state index in [4.69, 9.17) is 10.5 Å². The summed E-state index contributed by atoms with van der Waals surface area (Å²) in [5.74, 6) is 0. The van der Waals surface area contributed by atoms with E-state index >= 15 is 0 Å². The largest absolute Gasteiger partial charge is 0.397 e. The van der Waals surface area contributed by atoms with Crippen molar-refractivity contribution < 1.29 is 4.74 Å². The summed E-state index contributed by atoms with van der Waals surface area (Å²) in [6.07, 6.45) is 2.65. The minimum atomic E-state index is 0.340. The summed E-state index contributed by atoms with van der Waals surface area (Å²) < 4.78 is 6.78. The highest BCUT2D eigenvalue weighted by Crippen LogP contribution is 2.29. The monoisotopic (exact) mass is 298 g/mol. The number of halogens is 1. The molecule has 94 valence electrons. The predicted octanol–water partition coefficient (Wildman–Crippen LogP) is 3.04. The first-order valence-electron chi connectivity index (χ1n) is 6.12. The molecule has 1 aromatic carbocycles. The molecule has 17 heavy (non-hydrogen) atoms. The van der Waals surface area contributed by atoms with Gasteiger partial charge in [0.2, 0.25) is 0 Å². The summed E-state index contributed by atoms with van der Waals surface area (Å²) in [5.41, 5.74) is 7.99. The van der Waals surface area contributed by atoms with Crippen molar-refractivity contribution in [3.05, 3.63) is 22.7 Å². The Kier molecular flexibility index (Phi) is 4.29. The van der Waals surface area contributed by atoms with E-state index in [1.807, 2.05) is 19.1 Å². The van der Waals surface area contributed by atoms with Crippen molar-refractivity contribution in [3.63, 3.8) is 0 Å². The fraction of sp³-hybridized carbons (Fsp3) is 0.538. The Hall–Kier alpha value is -0.740. The Bertz CT molecular complexity index is 382. The maximum absolute atomic E-state index is 6.04. The summed E-state index contributed by atoms with van der Waals surface area (Å²) in [5, 5.41) is 0. The molecule has 1 aliphatic rings. The number of nitrogen functional groups attached to an aromatic ring is 1. The van der Waals surface area contributed by atoms with Gasteiger partial charge in [0.05, 0.1) is 17.5 Å². The van der Waals surface area contributed by atoms with Gasteiger partial charge in [-0.1, -0.05) is 15.9 Å². The lowest BCUT2D eigenvalue weighted by Gasteiger charge is -2.34. The zero-order valence-electron chi connectivity index (χ0n) is 10.2. The van der Waals surface area contributed by atoms with Crippen LogP contribution in [0.1, 0.15) is 19.8 Å². The molecule has 0 bridgehead atoms. The zero-order chi connectivity index (χ0) is 12.3. The quantitative estimate of drug-likeness (QED) is 0.872. The average molecular weight is 299 g/mol. The fourth-order valence-electron chi connectivity index (χ4n) is 2.32. The van der Waals surface area contributed by atoms with Crippen LogP contribution in [0, 0.1) is 0 Å². The van der Waals surface area contributed by atoms with Crippen LogP contribution in [0.25, 0.3) is 0 Å². The van der Waals surface area contributed by atoms with Crippen LogP contribution in [-0.4, -0.2) is 25.8 Å². The van der Waals surface area contributed by atoms with E-state index in [-0.39, 0.29) is 0 Å². The van der Waals surface area contributed by atoms with Crippen molar-refractivity contribution in [3.8, 4) is 0 Å². The molecule has 1 saturated heterocycles. The highest BCUT2D eigenvalue weighted by Gasteiger charge is 2.21. The Morgan fingerprint density at radius 1 is 1.53 bits per heavy atom. The third-order valence-corrected chi connectivity index (χ3v) is 3.61. The Morgan fingerprint density at radius 3 is 3.12 bits per heavy atom. The van der Waals surface area contributed by atoms with Crippen molar-refractivity contribution in [2.75, 3.05) is 30.3 Å². The SMILES string of the molecule is CCOC1CCCN(c2cc(Br)ccc2N)C1. The Morgan fingerprint density at radius 2 is 2.35 bits per heavy atom. The van der Waals surface area contributed by atoms with Crippen LogP contribution in [0.2, 0.25) is 0 Å². The van der Waals surface area contributed by atoms with Crippen molar-refractivity contribution in [1.82, 2.24) is 0 Å². The third-order valence-electron chi connectivity index (χ3n) is 3.11. The summed E-state index contributed by atoms with van der Waals surface area (Å²) in [4.78, 5) is 2.32. The molecule has 3 nitrogen and oxygen atoms in total. The van der Waals surface area contributed by atoms with Crippen molar-refractivity contribution in [2.45, 2.75) is 25.9 Å². The van der Waals surface area contributed by atoms with Crippen LogP contribution in [0.3, 0.4) is 0 Å². The van der Waals surface area contributed by atoms with Crippen molar-refractivity contribution in [1.29, 1.82) is 0 Å². The first-order valence-corrected chi connectivity index (χ1v) is 6.91. The first-order chi connectivity index (χ1) is 8.20. The molecular formula is C13H19BrN2O. The highest BCUT2D eigenvalue weighted by molar-refractivity contribution is 9.10. The topological polar surface area (TPSA) is 38.5 Å². The number of rotatable bonds is 3. The van der Waals surface area contributed by atoms with E-state index in [2.05, 4.69) is 26.9 Å². The van der Waals surface area contributed by atoms with Crippen LogP contribution < -0.4 is 10.6 Å². The Labute approximate surface area is 111 Å². The maximum atomic E-state index is 6.04. The standard InChI is InChI=1S/C13H19BrN2O/c1-2-17-11-4-3-7-16(9-11)13-8-10(14)5-6-12(13)15/h5-6,8,11H,2-4,7,9,15H2,1H3. The molecule has 1 aromatic rings. The number of piperidine rings is 1. The van der Waals surface area contributed by atoms with Gasteiger partial charge >= 0.3 is 0 Å². The van der Waals surface area contributed by atoms with Gasteiger partial charge < -0.3 is 15.4 Å². The third kappa shape index (κ3) is 3.13. The second kappa shape index (κ2) is 5.74. The van der Waals surface area contributed by atoms with Crippen LogP contribution in [-0.2, 0) is 4.74 Å². The van der Waals surface area contributed by atoms with Gasteiger partial charge in [-0.25, -0.2) is 0 Å². The highest BCUT2D eigenvalue weighted by atomic mass is 79.9. The van der Waals surface area contributed by atoms with Crippen LogP contribution in [0.4, 0.5) is 11.4 Å². The van der Waals surface area contributed by atoms with Gasteiger partial charge in [0, 0.05) is 24.2 Å². The van der Waals surface area contributed by atoms with E-state index in [1.165, 1.54) is 0 Å². The summed E-state index contributed by atoms with van der Waals surface area (Å²) in [6.45, 7) is 4.83. The predicted molar refractivity (Wildman–Crippen MR) is 75.4 cm³/mol. The summed E-state index contributed by atoms with van der Waals surface area (Å²) in [6, 6.07) is 6.01. The lowest BCUT2D eigenvalue weighted by molar-refractivity contribution is 0.0527. The number of hydrogen-bond donors (Lipinski definition) is 1. The molecule has 0 amide bonds. The first kappa shape index (κ1) is 12.7. The molecule has 1 heterocycles. The molecule has 0 radical (unpaired) electrons. The molecule has 2 rings (SSSR count). The van der Waals surface area contributed by atoms with Gasteiger partial charge in [0.15, 0.2) is 0 Å². The van der Waals surface area contributed by atoms with Crippen LogP contribution in [0.15, 0.2) is 22.7 Å². The summed E-state index contributed by atoms with van der Waals surface area (Å²) in [7, 11) is 0.